The summed E-state index contributed by atoms with van der Waals surface area (Å²) in [7, 11) is 0. The van der Waals surface area contributed by atoms with Crippen molar-refractivity contribution in [3.63, 3.8) is 0 Å². The second-order valence-electron chi connectivity index (χ2n) is 14.8. The van der Waals surface area contributed by atoms with Crippen LogP contribution in [0.15, 0.2) is 66.7 Å². The number of carbonyl (C=O) groups excluding carboxylic acids is 3. The Bertz CT molecular complexity index is 1650. The summed E-state index contributed by atoms with van der Waals surface area (Å²) >= 11 is 0. The Kier molecular flexibility index (Phi) is 13.0. The number of amides is 3. The van der Waals surface area contributed by atoms with Gasteiger partial charge in [-0.25, -0.2) is 22.8 Å². The molecule has 4 rings (SSSR count). The smallest absolute Gasteiger partial charge is 0.410 e. The van der Waals surface area contributed by atoms with Crippen LogP contribution in [-0.2, 0) is 25.4 Å². The van der Waals surface area contributed by atoms with E-state index in [4.69, 9.17) is 14.2 Å². The fraction of sp³-hybridized carbons (Fsp3) is 0.462. The first-order chi connectivity index (χ1) is 24.3. The number of nitrogens with zero attached hydrogens (tertiary/aromatic N) is 1. The van der Waals surface area contributed by atoms with Crippen molar-refractivity contribution >= 4 is 23.8 Å². The molecule has 282 valence electrons. The van der Waals surface area contributed by atoms with Gasteiger partial charge in [0.2, 0.25) is 5.91 Å². The van der Waals surface area contributed by atoms with Gasteiger partial charge in [0.25, 0.3) is 0 Å². The van der Waals surface area contributed by atoms with Gasteiger partial charge in [0.15, 0.2) is 0 Å². The lowest BCUT2D eigenvalue weighted by Crippen LogP contribution is -2.58. The number of aliphatic hydroxyl groups is 1. The van der Waals surface area contributed by atoms with Crippen LogP contribution < -0.4 is 10.6 Å². The van der Waals surface area contributed by atoms with Crippen LogP contribution in [0.2, 0.25) is 0 Å². The SMILES string of the molecule is C[C@@H]1O[C@H](CCc2c(F)cccc2NC(=O)C(NC(=O)OC(C)(C)C)C(c2ccc(F)cc2)c2ccc(F)cc2)CN(C(=O)OC(C)(C)C)[C@@H]1CO. The van der Waals surface area contributed by atoms with E-state index in [1.807, 2.05) is 0 Å². The highest BCUT2D eigenvalue weighted by Gasteiger charge is 2.39. The minimum Gasteiger partial charge on any atom is -0.444 e. The van der Waals surface area contributed by atoms with Crippen LogP contribution in [0.4, 0.5) is 28.4 Å². The zero-order chi connectivity index (χ0) is 38.4. The quantitative estimate of drug-likeness (QED) is 0.204. The largest absolute Gasteiger partial charge is 0.444 e. The first-order valence-electron chi connectivity index (χ1n) is 17.2. The van der Waals surface area contributed by atoms with Crippen molar-refractivity contribution in [2.75, 3.05) is 18.5 Å². The molecule has 0 radical (unpaired) electrons. The highest BCUT2D eigenvalue weighted by atomic mass is 19.1. The second-order valence-corrected chi connectivity index (χ2v) is 14.8. The Balaban J connectivity index is 1.64. The summed E-state index contributed by atoms with van der Waals surface area (Å²) in [5.41, 5.74) is -0.546. The minimum atomic E-state index is -1.40. The third kappa shape index (κ3) is 10.9. The number of hydrogen-bond acceptors (Lipinski definition) is 7. The summed E-state index contributed by atoms with van der Waals surface area (Å²) in [6, 6.07) is 12.8. The molecule has 3 aromatic carbocycles. The van der Waals surface area contributed by atoms with E-state index in [1.54, 1.807) is 48.5 Å². The van der Waals surface area contributed by atoms with Crippen molar-refractivity contribution < 1.29 is 46.9 Å². The van der Waals surface area contributed by atoms with Gasteiger partial charge in [-0.1, -0.05) is 30.3 Å². The highest BCUT2D eigenvalue weighted by Crippen LogP contribution is 2.32. The van der Waals surface area contributed by atoms with Crippen molar-refractivity contribution in [2.24, 2.45) is 0 Å². The number of benzene rings is 3. The maximum absolute atomic E-state index is 15.5. The molecule has 3 amide bonds. The van der Waals surface area contributed by atoms with E-state index < -0.39 is 77.0 Å². The molecule has 0 bridgehead atoms. The molecule has 1 heterocycles. The molecule has 13 heteroatoms. The molecule has 0 spiro atoms. The van der Waals surface area contributed by atoms with E-state index in [0.29, 0.717) is 11.1 Å². The summed E-state index contributed by atoms with van der Waals surface area (Å²) in [6.45, 7) is 11.7. The average Bonchev–Trinajstić information content (AvgIpc) is 3.04. The fourth-order valence-electron chi connectivity index (χ4n) is 6.08. The fourth-order valence-corrected chi connectivity index (χ4v) is 6.08. The van der Waals surface area contributed by atoms with Crippen LogP contribution in [-0.4, -0.2) is 76.7 Å². The lowest BCUT2D eigenvalue weighted by molar-refractivity contribution is -0.122. The molecule has 52 heavy (non-hydrogen) atoms. The van der Waals surface area contributed by atoms with Gasteiger partial charge in [0.05, 0.1) is 31.4 Å². The second kappa shape index (κ2) is 16.8. The maximum atomic E-state index is 15.5. The molecule has 1 aliphatic heterocycles. The molecular formula is C39H48F3N3O7. The van der Waals surface area contributed by atoms with Crippen LogP contribution in [0.25, 0.3) is 0 Å². The number of alkyl carbamates (subject to hydrolysis) is 1. The molecule has 0 aliphatic carbocycles. The third-order valence-corrected chi connectivity index (χ3v) is 8.40. The molecule has 1 saturated heterocycles. The predicted octanol–water partition coefficient (Wildman–Crippen LogP) is 7.09. The van der Waals surface area contributed by atoms with Crippen molar-refractivity contribution in [3.05, 3.63) is 101 Å². The van der Waals surface area contributed by atoms with E-state index in [0.717, 1.165) is 0 Å². The molecular weight excluding hydrogens is 679 g/mol. The first kappa shape index (κ1) is 40.2. The van der Waals surface area contributed by atoms with Crippen molar-refractivity contribution in [2.45, 2.75) is 103 Å². The topological polar surface area (TPSA) is 126 Å². The Morgan fingerprint density at radius 2 is 1.44 bits per heavy atom. The summed E-state index contributed by atoms with van der Waals surface area (Å²) < 4.78 is 60.7. The van der Waals surface area contributed by atoms with Gasteiger partial charge in [-0.05, 0) is 109 Å². The minimum absolute atomic E-state index is 0.0785. The number of ether oxygens (including phenoxy) is 3. The molecule has 0 aromatic heterocycles. The molecule has 1 unspecified atom stereocenters. The van der Waals surface area contributed by atoms with E-state index in [-0.39, 0.29) is 37.2 Å². The lowest BCUT2D eigenvalue weighted by Gasteiger charge is -2.43. The van der Waals surface area contributed by atoms with Crippen LogP contribution >= 0.6 is 0 Å². The highest BCUT2D eigenvalue weighted by molar-refractivity contribution is 5.98. The van der Waals surface area contributed by atoms with Gasteiger partial charge in [-0.15, -0.1) is 0 Å². The Morgan fingerprint density at radius 1 is 0.885 bits per heavy atom. The maximum Gasteiger partial charge on any atom is 0.410 e. The molecule has 10 nitrogen and oxygen atoms in total. The summed E-state index contributed by atoms with van der Waals surface area (Å²) in [5.74, 6) is -3.36. The van der Waals surface area contributed by atoms with E-state index in [9.17, 15) is 28.3 Å². The number of halogens is 3. The number of aliphatic hydroxyl groups excluding tert-OH is 1. The predicted molar refractivity (Wildman–Crippen MR) is 189 cm³/mol. The van der Waals surface area contributed by atoms with E-state index in [1.165, 1.54) is 71.6 Å². The van der Waals surface area contributed by atoms with E-state index in [2.05, 4.69) is 10.6 Å². The van der Waals surface area contributed by atoms with Crippen LogP contribution in [0.5, 0.6) is 0 Å². The summed E-state index contributed by atoms with van der Waals surface area (Å²) in [5, 5.41) is 15.4. The number of rotatable bonds is 10. The summed E-state index contributed by atoms with van der Waals surface area (Å²) in [4.78, 5) is 41.9. The number of carbonyl (C=O) groups is 3. The third-order valence-electron chi connectivity index (χ3n) is 8.40. The monoisotopic (exact) mass is 727 g/mol. The normalized spacial score (nSPS) is 18.5. The van der Waals surface area contributed by atoms with Gasteiger partial charge < -0.3 is 30.0 Å². The Morgan fingerprint density at radius 3 is 1.96 bits per heavy atom. The van der Waals surface area contributed by atoms with Gasteiger partial charge in [-0.2, -0.15) is 0 Å². The van der Waals surface area contributed by atoms with Crippen molar-refractivity contribution in [3.8, 4) is 0 Å². The number of morpholine rings is 1. The van der Waals surface area contributed by atoms with Gasteiger partial charge in [-0.3, -0.25) is 9.69 Å². The Hall–Kier alpha value is -4.62. The van der Waals surface area contributed by atoms with Crippen molar-refractivity contribution in [1.82, 2.24) is 10.2 Å². The van der Waals surface area contributed by atoms with Crippen molar-refractivity contribution in [1.29, 1.82) is 0 Å². The standard InChI is InChI=1S/C39H48F3N3O7/c1-23-32(22-46)45(37(49)52-39(5,6)7)21-28(50-23)19-20-29-30(42)9-8-10-31(29)43-35(47)34(44-36(48)51-38(2,3)4)33(24-11-15-26(40)16-12-24)25-13-17-27(41)18-14-25/h8-18,23,28,32-34,46H,19-22H2,1-7H3,(H,43,47)(H,44,48)/t23-,28+,32+,34?/m0/s1. The molecule has 0 saturated carbocycles. The zero-order valence-corrected chi connectivity index (χ0v) is 30.5. The molecule has 4 atom stereocenters. The molecule has 3 N–H and O–H groups in total. The Labute approximate surface area is 302 Å². The van der Waals surface area contributed by atoms with Crippen LogP contribution in [0.1, 0.15) is 77.5 Å². The number of hydrogen-bond donors (Lipinski definition) is 3. The van der Waals surface area contributed by atoms with Crippen LogP contribution in [0, 0.1) is 17.5 Å². The van der Waals surface area contributed by atoms with Gasteiger partial charge in [0.1, 0.15) is 34.7 Å². The molecule has 1 fully saturated rings. The number of anilines is 1. The van der Waals surface area contributed by atoms with Gasteiger partial charge >= 0.3 is 12.2 Å². The van der Waals surface area contributed by atoms with Gasteiger partial charge in [0, 0.05) is 17.2 Å². The lowest BCUT2D eigenvalue weighted by atomic mass is 9.84. The number of nitrogens with one attached hydrogen (secondary N) is 2. The zero-order valence-electron chi connectivity index (χ0n) is 30.5. The molecule has 3 aromatic rings. The average molecular weight is 728 g/mol. The first-order valence-corrected chi connectivity index (χ1v) is 17.2. The van der Waals surface area contributed by atoms with E-state index >= 15 is 4.39 Å². The van der Waals surface area contributed by atoms with Crippen LogP contribution in [0.3, 0.4) is 0 Å². The summed E-state index contributed by atoms with van der Waals surface area (Å²) in [6.07, 6.45) is -2.32. The molecule has 1 aliphatic rings.